The molecule has 1 aromatic heterocycles. The molecule has 0 spiro atoms. The maximum Gasteiger partial charge on any atom is 0.272 e. The van der Waals surface area contributed by atoms with Gasteiger partial charge in [0.05, 0.1) is 5.69 Å². The van der Waals surface area contributed by atoms with E-state index in [9.17, 15) is 14.4 Å². The highest BCUT2D eigenvalue weighted by Gasteiger charge is 2.24. The minimum absolute atomic E-state index is 0.0830. The molecule has 0 aliphatic rings. The van der Waals surface area contributed by atoms with Crippen LogP contribution in [-0.2, 0) is 9.59 Å². The smallest absolute Gasteiger partial charge is 0.272 e. The fourth-order valence-corrected chi connectivity index (χ4v) is 7.27. The molecular formula is C42H37N5O3S2. The summed E-state index contributed by atoms with van der Waals surface area (Å²) in [7, 11) is 3.90. The normalized spacial score (nSPS) is 11.7. The molecule has 0 bridgehead atoms. The van der Waals surface area contributed by atoms with Crippen LogP contribution in [0.3, 0.4) is 0 Å². The van der Waals surface area contributed by atoms with E-state index in [1.807, 2.05) is 135 Å². The number of aromatic nitrogens is 1. The van der Waals surface area contributed by atoms with Crippen LogP contribution in [0.1, 0.15) is 31.6 Å². The molecule has 52 heavy (non-hydrogen) atoms. The standard InChI is InChI=1S/C42H37N5O3S2/c1-28-37(30-14-7-4-8-15-30)45-42(51-28)46-41(50)38(31-16-9-5-10-17-31)52-35-21-13-20-33(27-35)43-40(49)36(44-39(48)32-18-11-6-12-19-32)26-29-22-24-34(25-23-29)47(2)3/h4-27,38H,1-3H3,(H,43,49)(H,44,48)(H,45,46,50)/b36-26+. The zero-order valence-electron chi connectivity index (χ0n) is 28.9. The Morgan fingerprint density at radius 1 is 0.769 bits per heavy atom. The second kappa shape index (κ2) is 16.8. The number of carbonyl (C=O) groups is 3. The van der Waals surface area contributed by atoms with E-state index in [-0.39, 0.29) is 11.6 Å². The van der Waals surface area contributed by atoms with Crippen molar-refractivity contribution in [1.82, 2.24) is 10.3 Å². The molecule has 8 nitrogen and oxygen atoms in total. The second-order valence-corrected chi connectivity index (χ2v) is 14.4. The number of thiazole rings is 1. The summed E-state index contributed by atoms with van der Waals surface area (Å²) in [6.07, 6.45) is 1.65. The Morgan fingerprint density at radius 2 is 1.42 bits per heavy atom. The number of anilines is 3. The molecule has 6 aromatic rings. The Kier molecular flexibility index (Phi) is 11.6. The van der Waals surface area contributed by atoms with Crippen molar-refractivity contribution in [3.05, 3.63) is 167 Å². The maximum atomic E-state index is 13.9. The van der Waals surface area contributed by atoms with Gasteiger partial charge in [-0.2, -0.15) is 0 Å². The molecule has 0 saturated heterocycles. The molecule has 1 heterocycles. The van der Waals surface area contributed by atoms with E-state index >= 15 is 0 Å². The lowest BCUT2D eigenvalue weighted by Crippen LogP contribution is -2.30. The third kappa shape index (κ3) is 9.22. The molecule has 10 heteroatoms. The molecule has 5 aromatic carbocycles. The van der Waals surface area contributed by atoms with Gasteiger partial charge in [0.2, 0.25) is 5.91 Å². The molecule has 260 valence electrons. The number of benzene rings is 5. The number of amides is 3. The van der Waals surface area contributed by atoms with Gasteiger partial charge in [-0.25, -0.2) is 4.98 Å². The predicted octanol–water partition coefficient (Wildman–Crippen LogP) is 9.07. The van der Waals surface area contributed by atoms with Crippen LogP contribution < -0.4 is 20.9 Å². The van der Waals surface area contributed by atoms with E-state index in [2.05, 4.69) is 16.0 Å². The fourth-order valence-electron chi connectivity index (χ4n) is 5.34. The summed E-state index contributed by atoms with van der Waals surface area (Å²) in [5.74, 6) is -1.11. The molecule has 3 amide bonds. The zero-order chi connectivity index (χ0) is 36.5. The number of nitrogens with one attached hydrogen (secondary N) is 3. The monoisotopic (exact) mass is 723 g/mol. The summed E-state index contributed by atoms with van der Waals surface area (Å²) >= 11 is 2.80. The van der Waals surface area contributed by atoms with Gasteiger partial charge in [0.15, 0.2) is 5.13 Å². The largest absolute Gasteiger partial charge is 0.378 e. The van der Waals surface area contributed by atoms with Gasteiger partial charge in [-0.15, -0.1) is 23.1 Å². The van der Waals surface area contributed by atoms with Crippen molar-refractivity contribution in [3.63, 3.8) is 0 Å². The van der Waals surface area contributed by atoms with Crippen LogP contribution in [0.15, 0.2) is 150 Å². The van der Waals surface area contributed by atoms with Gasteiger partial charge in [0, 0.05) is 46.4 Å². The molecule has 0 saturated carbocycles. The molecule has 0 aliphatic carbocycles. The van der Waals surface area contributed by atoms with Crippen LogP contribution in [0, 0.1) is 6.92 Å². The minimum Gasteiger partial charge on any atom is -0.378 e. The second-order valence-electron chi connectivity index (χ2n) is 12.0. The topological polar surface area (TPSA) is 103 Å². The summed E-state index contributed by atoms with van der Waals surface area (Å²) in [5, 5.41) is 8.70. The molecule has 1 unspecified atom stereocenters. The number of nitrogens with zero attached hydrogens (tertiary/aromatic N) is 2. The van der Waals surface area contributed by atoms with Gasteiger partial charge >= 0.3 is 0 Å². The first kappa shape index (κ1) is 35.8. The third-order valence-electron chi connectivity index (χ3n) is 8.01. The quantitative estimate of drug-likeness (QED) is 0.0860. The molecule has 3 N–H and O–H groups in total. The Bertz CT molecular complexity index is 2190. The van der Waals surface area contributed by atoms with E-state index < -0.39 is 17.1 Å². The van der Waals surface area contributed by atoms with Gasteiger partial charge in [0.25, 0.3) is 11.8 Å². The average Bonchev–Trinajstić information content (AvgIpc) is 3.54. The molecule has 1 atom stereocenters. The molecule has 6 rings (SSSR count). The number of aryl methyl sites for hydroxylation is 1. The van der Waals surface area contributed by atoms with E-state index in [0.29, 0.717) is 16.4 Å². The van der Waals surface area contributed by atoms with Crippen LogP contribution >= 0.6 is 23.1 Å². The van der Waals surface area contributed by atoms with Crippen LogP contribution in [0.2, 0.25) is 0 Å². The molecular weight excluding hydrogens is 687 g/mol. The van der Waals surface area contributed by atoms with E-state index in [4.69, 9.17) is 4.98 Å². The number of rotatable bonds is 12. The van der Waals surface area contributed by atoms with Crippen LogP contribution in [-0.4, -0.2) is 36.8 Å². The fraction of sp³-hybridized carbons (Fsp3) is 0.0952. The third-order valence-corrected chi connectivity index (χ3v) is 10.1. The number of carbonyl (C=O) groups excluding carboxylic acids is 3. The van der Waals surface area contributed by atoms with Crippen molar-refractivity contribution in [1.29, 1.82) is 0 Å². The Hall–Kier alpha value is -5.97. The molecule has 0 fully saturated rings. The predicted molar refractivity (Wildman–Crippen MR) is 214 cm³/mol. The lowest BCUT2D eigenvalue weighted by molar-refractivity contribution is -0.116. The van der Waals surface area contributed by atoms with Crippen molar-refractivity contribution < 1.29 is 14.4 Å². The van der Waals surface area contributed by atoms with Crippen molar-refractivity contribution in [2.45, 2.75) is 17.1 Å². The lowest BCUT2D eigenvalue weighted by atomic mass is 10.1. The maximum absolute atomic E-state index is 13.9. The van der Waals surface area contributed by atoms with E-state index in [1.54, 1.807) is 36.4 Å². The van der Waals surface area contributed by atoms with Gasteiger partial charge in [-0.1, -0.05) is 97.1 Å². The number of thioether (sulfide) groups is 1. The van der Waals surface area contributed by atoms with Gasteiger partial charge in [-0.3, -0.25) is 14.4 Å². The SMILES string of the molecule is Cc1sc(NC(=O)C(Sc2cccc(NC(=O)/C(=C\c3ccc(N(C)C)cc3)NC(=O)c3ccccc3)c2)c2ccccc2)nc1-c1ccccc1. The summed E-state index contributed by atoms with van der Waals surface area (Å²) in [4.78, 5) is 49.3. The highest BCUT2D eigenvalue weighted by molar-refractivity contribution is 8.00. The van der Waals surface area contributed by atoms with E-state index in [0.717, 1.165) is 37.8 Å². The summed E-state index contributed by atoms with van der Waals surface area (Å²) < 4.78 is 0. The summed E-state index contributed by atoms with van der Waals surface area (Å²) in [5.41, 5.74) is 5.43. The minimum atomic E-state index is -0.609. The molecule has 0 aliphatic heterocycles. The van der Waals surface area contributed by atoms with Crippen molar-refractivity contribution in [2.24, 2.45) is 0 Å². The van der Waals surface area contributed by atoms with Crippen molar-refractivity contribution in [3.8, 4) is 11.3 Å². The Morgan fingerprint density at radius 3 is 2.10 bits per heavy atom. The first-order valence-corrected chi connectivity index (χ1v) is 18.3. The zero-order valence-corrected chi connectivity index (χ0v) is 30.5. The van der Waals surface area contributed by atoms with Crippen LogP contribution in [0.5, 0.6) is 0 Å². The van der Waals surface area contributed by atoms with Crippen LogP contribution in [0.25, 0.3) is 17.3 Å². The Labute approximate surface area is 311 Å². The number of hydrogen-bond acceptors (Lipinski definition) is 7. The summed E-state index contributed by atoms with van der Waals surface area (Å²) in [6, 6.07) is 43.1. The van der Waals surface area contributed by atoms with Gasteiger partial charge in [-0.05, 0) is 66.6 Å². The Balaban J connectivity index is 1.22. The average molecular weight is 724 g/mol. The highest BCUT2D eigenvalue weighted by Crippen LogP contribution is 2.38. The number of hydrogen-bond donors (Lipinski definition) is 3. The highest BCUT2D eigenvalue weighted by atomic mass is 32.2. The van der Waals surface area contributed by atoms with Gasteiger partial charge in [0.1, 0.15) is 10.9 Å². The molecule has 0 radical (unpaired) electrons. The van der Waals surface area contributed by atoms with E-state index in [1.165, 1.54) is 23.1 Å². The van der Waals surface area contributed by atoms with Gasteiger partial charge < -0.3 is 20.9 Å². The summed E-state index contributed by atoms with van der Waals surface area (Å²) in [6.45, 7) is 1.99. The van der Waals surface area contributed by atoms with Crippen LogP contribution in [0.4, 0.5) is 16.5 Å². The lowest BCUT2D eigenvalue weighted by Gasteiger charge is -2.17. The first-order valence-electron chi connectivity index (χ1n) is 16.6. The van der Waals surface area contributed by atoms with Crippen molar-refractivity contribution in [2.75, 3.05) is 29.6 Å². The van der Waals surface area contributed by atoms with Crippen molar-refractivity contribution >= 4 is 63.4 Å². The first-order chi connectivity index (χ1) is 25.2.